The quantitative estimate of drug-likeness (QED) is 0.770. The van der Waals surface area contributed by atoms with Gasteiger partial charge in [0.15, 0.2) is 0 Å². The lowest BCUT2D eigenvalue weighted by atomic mass is 9.81. The Morgan fingerprint density at radius 2 is 2.33 bits per heavy atom. The summed E-state index contributed by atoms with van der Waals surface area (Å²) >= 11 is 0. The van der Waals surface area contributed by atoms with Gasteiger partial charge in [0.25, 0.3) is 0 Å². The minimum Gasteiger partial charge on any atom is -0.481 e. The van der Waals surface area contributed by atoms with Gasteiger partial charge in [-0.15, -0.1) is 0 Å². The van der Waals surface area contributed by atoms with Crippen molar-refractivity contribution >= 4 is 11.9 Å². The van der Waals surface area contributed by atoms with E-state index in [0.717, 1.165) is 18.5 Å². The van der Waals surface area contributed by atoms with Crippen LogP contribution in [0, 0.1) is 0 Å². The number of rotatable bonds is 3. The number of hydrogen-bond acceptors (Lipinski definition) is 4. The van der Waals surface area contributed by atoms with Gasteiger partial charge in [0, 0.05) is 17.7 Å². The molecule has 0 unspecified atom stereocenters. The number of hydrogen-bond donors (Lipinski definition) is 2. The lowest BCUT2D eigenvalue weighted by Gasteiger charge is -2.26. The lowest BCUT2D eigenvalue weighted by molar-refractivity contribution is -0.136. The normalized spacial score (nSPS) is 16.0. The Balaban J connectivity index is 2.30. The first-order valence-electron chi connectivity index (χ1n) is 5.00. The number of aromatic nitrogens is 2. The maximum Gasteiger partial charge on any atom is 0.307 e. The van der Waals surface area contributed by atoms with Crippen molar-refractivity contribution in [2.45, 2.75) is 31.6 Å². The zero-order valence-corrected chi connectivity index (χ0v) is 8.31. The van der Waals surface area contributed by atoms with Gasteiger partial charge in [-0.1, -0.05) is 6.42 Å². The standard InChI is InChI=1S/C10H13N3O2/c11-10-12-5-7(4-8(14)15)9(13-10)6-2-1-3-6/h5-6H,1-4H2,(H,14,15)(H2,11,12,13). The van der Waals surface area contributed by atoms with E-state index in [9.17, 15) is 4.79 Å². The first kappa shape index (κ1) is 9.89. The molecule has 0 radical (unpaired) electrons. The van der Waals surface area contributed by atoms with Crippen LogP contribution in [0.1, 0.15) is 36.4 Å². The number of carboxylic acid groups (broad SMARTS) is 1. The summed E-state index contributed by atoms with van der Waals surface area (Å²) in [6.07, 6.45) is 4.84. The fourth-order valence-electron chi connectivity index (χ4n) is 1.77. The molecule has 1 aromatic heterocycles. The van der Waals surface area contributed by atoms with Crippen molar-refractivity contribution in [1.82, 2.24) is 9.97 Å². The minimum atomic E-state index is -0.857. The van der Waals surface area contributed by atoms with Gasteiger partial charge in [0.2, 0.25) is 5.95 Å². The Bertz CT molecular complexity index is 388. The van der Waals surface area contributed by atoms with Gasteiger partial charge in [-0.2, -0.15) is 0 Å². The predicted molar refractivity (Wildman–Crippen MR) is 54.4 cm³/mol. The Kier molecular flexibility index (Phi) is 2.53. The van der Waals surface area contributed by atoms with E-state index in [1.165, 1.54) is 12.6 Å². The van der Waals surface area contributed by atoms with E-state index >= 15 is 0 Å². The summed E-state index contributed by atoms with van der Waals surface area (Å²) in [7, 11) is 0. The topological polar surface area (TPSA) is 89.1 Å². The third-order valence-electron chi connectivity index (χ3n) is 2.75. The zero-order chi connectivity index (χ0) is 10.8. The van der Waals surface area contributed by atoms with Crippen molar-refractivity contribution in [2.75, 3.05) is 5.73 Å². The molecule has 1 aliphatic rings. The number of aliphatic carboxylic acids is 1. The average Bonchev–Trinajstić information content (AvgIpc) is 2.06. The van der Waals surface area contributed by atoms with Crippen LogP contribution in [0.5, 0.6) is 0 Å². The number of nitrogens with zero attached hydrogens (tertiary/aromatic N) is 2. The van der Waals surface area contributed by atoms with E-state index in [0.29, 0.717) is 11.5 Å². The second-order valence-corrected chi connectivity index (χ2v) is 3.84. The molecule has 0 spiro atoms. The maximum absolute atomic E-state index is 10.6. The van der Waals surface area contributed by atoms with Crippen LogP contribution in [0.2, 0.25) is 0 Å². The Labute approximate surface area is 87.4 Å². The highest BCUT2D eigenvalue weighted by atomic mass is 16.4. The van der Waals surface area contributed by atoms with Crippen molar-refractivity contribution < 1.29 is 9.90 Å². The van der Waals surface area contributed by atoms with Gasteiger partial charge >= 0.3 is 5.97 Å². The Hall–Kier alpha value is -1.65. The molecule has 1 saturated carbocycles. The van der Waals surface area contributed by atoms with Crippen LogP contribution in [-0.2, 0) is 11.2 Å². The molecular formula is C10H13N3O2. The van der Waals surface area contributed by atoms with Gasteiger partial charge in [-0.3, -0.25) is 4.79 Å². The van der Waals surface area contributed by atoms with Crippen LogP contribution in [0.15, 0.2) is 6.20 Å². The van der Waals surface area contributed by atoms with Crippen molar-refractivity contribution in [3.8, 4) is 0 Å². The highest BCUT2D eigenvalue weighted by Crippen LogP contribution is 2.37. The van der Waals surface area contributed by atoms with Gasteiger partial charge < -0.3 is 10.8 Å². The third-order valence-corrected chi connectivity index (χ3v) is 2.75. The van der Waals surface area contributed by atoms with Crippen LogP contribution in [0.3, 0.4) is 0 Å². The first-order valence-corrected chi connectivity index (χ1v) is 5.00. The second-order valence-electron chi connectivity index (χ2n) is 3.84. The highest BCUT2D eigenvalue weighted by molar-refractivity contribution is 5.70. The number of anilines is 1. The second kappa shape index (κ2) is 3.84. The molecule has 5 nitrogen and oxygen atoms in total. The molecule has 0 bridgehead atoms. The molecule has 80 valence electrons. The number of nitrogens with two attached hydrogens (primary N) is 1. The summed E-state index contributed by atoms with van der Waals surface area (Å²) in [6, 6.07) is 0. The molecule has 0 amide bonds. The summed E-state index contributed by atoms with van der Waals surface area (Å²) in [5.41, 5.74) is 7.03. The number of nitrogen functional groups attached to an aromatic ring is 1. The van der Waals surface area contributed by atoms with E-state index in [1.807, 2.05) is 0 Å². The zero-order valence-electron chi connectivity index (χ0n) is 8.31. The number of carboxylic acids is 1. The molecule has 3 N–H and O–H groups in total. The Morgan fingerprint density at radius 1 is 1.60 bits per heavy atom. The van der Waals surface area contributed by atoms with Gasteiger partial charge in [-0.25, -0.2) is 9.97 Å². The minimum absolute atomic E-state index is 0.0217. The predicted octanol–water partition coefficient (Wildman–Crippen LogP) is 0.953. The maximum atomic E-state index is 10.6. The molecule has 0 saturated heterocycles. The van der Waals surface area contributed by atoms with Crippen molar-refractivity contribution in [1.29, 1.82) is 0 Å². The van der Waals surface area contributed by atoms with Crippen LogP contribution in [-0.4, -0.2) is 21.0 Å². The van der Waals surface area contributed by atoms with Crippen LogP contribution in [0.25, 0.3) is 0 Å². The molecule has 15 heavy (non-hydrogen) atoms. The fraction of sp³-hybridized carbons (Fsp3) is 0.500. The Morgan fingerprint density at radius 3 is 2.87 bits per heavy atom. The monoisotopic (exact) mass is 207 g/mol. The van der Waals surface area contributed by atoms with Crippen molar-refractivity contribution in [3.05, 3.63) is 17.5 Å². The SMILES string of the molecule is Nc1ncc(CC(=O)O)c(C2CCC2)n1. The molecular weight excluding hydrogens is 194 g/mol. The smallest absolute Gasteiger partial charge is 0.307 e. The van der Waals surface area contributed by atoms with E-state index in [-0.39, 0.29) is 12.4 Å². The first-order chi connectivity index (χ1) is 7.16. The molecule has 5 heteroatoms. The molecule has 0 aliphatic heterocycles. The van der Waals surface area contributed by atoms with Crippen molar-refractivity contribution in [3.63, 3.8) is 0 Å². The van der Waals surface area contributed by atoms with Gasteiger partial charge in [0.05, 0.1) is 12.1 Å². The highest BCUT2D eigenvalue weighted by Gasteiger charge is 2.24. The summed E-state index contributed by atoms with van der Waals surface area (Å²) < 4.78 is 0. The van der Waals surface area contributed by atoms with Crippen LogP contribution < -0.4 is 5.73 Å². The molecule has 1 aliphatic carbocycles. The van der Waals surface area contributed by atoms with E-state index in [2.05, 4.69) is 9.97 Å². The van der Waals surface area contributed by atoms with Crippen molar-refractivity contribution in [2.24, 2.45) is 0 Å². The fourth-order valence-corrected chi connectivity index (χ4v) is 1.77. The summed E-state index contributed by atoms with van der Waals surface area (Å²) in [5.74, 6) is -0.250. The summed E-state index contributed by atoms with van der Waals surface area (Å²) in [5, 5.41) is 8.75. The molecule has 1 heterocycles. The van der Waals surface area contributed by atoms with Crippen LogP contribution >= 0.6 is 0 Å². The molecule has 1 fully saturated rings. The van der Waals surface area contributed by atoms with E-state index < -0.39 is 5.97 Å². The molecule has 0 atom stereocenters. The summed E-state index contributed by atoms with van der Waals surface area (Å²) in [4.78, 5) is 18.6. The van der Waals surface area contributed by atoms with Gasteiger partial charge in [0.1, 0.15) is 0 Å². The number of carbonyl (C=O) groups is 1. The largest absolute Gasteiger partial charge is 0.481 e. The molecule has 0 aromatic carbocycles. The summed E-state index contributed by atoms with van der Waals surface area (Å²) in [6.45, 7) is 0. The third kappa shape index (κ3) is 2.06. The van der Waals surface area contributed by atoms with Gasteiger partial charge in [-0.05, 0) is 12.8 Å². The van der Waals surface area contributed by atoms with E-state index in [4.69, 9.17) is 10.8 Å². The van der Waals surface area contributed by atoms with Crippen LogP contribution in [0.4, 0.5) is 5.95 Å². The van der Waals surface area contributed by atoms with E-state index in [1.54, 1.807) is 0 Å². The molecule has 2 rings (SSSR count). The lowest BCUT2D eigenvalue weighted by Crippen LogP contribution is -2.16. The average molecular weight is 207 g/mol. The molecule has 1 aromatic rings.